The number of likely N-dealkylation sites (tertiary alicyclic amines) is 1. The first-order valence-electron chi connectivity index (χ1n) is 10.4. The van der Waals surface area contributed by atoms with Crippen molar-refractivity contribution in [3.8, 4) is 0 Å². The largest absolute Gasteiger partial charge is 0.507 e. The molecule has 1 atom stereocenters. The molecular weight excluding hydrogens is 396 g/mol. The first-order chi connectivity index (χ1) is 14.8. The first-order valence-corrected chi connectivity index (χ1v) is 10.4. The number of carbonyl (C=O) groups is 2. The lowest BCUT2D eigenvalue weighted by atomic mass is 9.95. The molecule has 3 rings (SSSR count). The number of nitro benzene ring substituents is 1. The Labute approximate surface area is 181 Å². The predicted octanol–water partition coefficient (Wildman–Crippen LogP) is 4.91. The third-order valence-corrected chi connectivity index (χ3v) is 5.54. The number of benzene rings is 2. The molecule has 2 aromatic rings. The second-order valence-corrected chi connectivity index (χ2v) is 7.77. The van der Waals surface area contributed by atoms with Crippen molar-refractivity contribution in [2.24, 2.45) is 0 Å². The Morgan fingerprint density at radius 2 is 1.68 bits per heavy atom. The summed E-state index contributed by atoms with van der Waals surface area (Å²) in [5.41, 5.74) is 1.93. The quantitative estimate of drug-likeness (QED) is 0.163. The molecule has 1 heterocycles. The van der Waals surface area contributed by atoms with Gasteiger partial charge in [0.05, 0.1) is 16.5 Å². The fourth-order valence-electron chi connectivity index (χ4n) is 3.81. The molecule has 0 bridgehead atoms. The molecule has 0 radical (unpaired) electrons. The van der Waals surface area contributed by atoms with Gasteiger partial charge >= 0.3 is 0 Å². The normalized spacial score (nSPS) is 17.9. The van der Waals surface area contributed by atoms with Gasteiger partial charge in [0.1, 0.15) is 5.76 Å². The van der Waals surface area contributed by atoms with E-state index >= 15 is 0 Å². The fourth-order valence-corrected chi connectivity index (χ4v) is 3.81. The summed E-state index contributed by atoms with van der Waals surface area (Å²) in [7, 11) is 0. The Morgan fingerprint density at radius 1 is 1.03 bits per heavy atom. The number of aliphatic hydroxyl groups excluding tert-OH is 1. The number of hydrogen-bond donors (Lipinski definition) is 1. The zero-order valence-electron chi connectivity index (χ0n) is 17.7. The Kier molecular flexibility index (Phi) is 6.84. The fraction of sp³-hybridized carbons (Fsp3) is 0.333. The number of nitro groups is 1. The van der Waals surface area contributed by atoms with Crippen molar-refractivity contribution in [1.29, 1.82) is 0 Å². The van der Waals surface area contributed by atoms with Crippen LogP contribution in [0.3, 0.4) is 0 Å². The Bertz CT molecular complexity index is 1010. The predicted molar refractivity (Wildman–Crippen MR) is 117 cm³/mol. The highest BCUT2D eigenvalue weighted by Crippen LogP contribution is 2.40. The molecule has 0 saturated carbocycles. The zero-order valence-corrected chi connectivity index (χ0v) is 17.7. The minimum atomic E-state index is -0.788. The van der Waals surface area contributed by atoms with E-state index in [1.807, 2.05) is 19.1 Å². The summed E-state index contributed by atoms with van der Waals surface area (Å²) in [6.07, 6.45) is 3.72. The van der Waals surface area contributed by atoms with Crippen molar-refractivity contribution >= 4 is 23.1 Å². The Hall–Kier alpha value is -3.48. The molecule has 162 valence electrons. The van der Waals surface area contributed by atoms with Gasteiger partial charge in [0, 0.05) is 24.2 Å². The maximum absolute atomic E-state index is 12.9. The van der Waals surface area contributed by atoms with E-state index in [2.05, 4.69) is 6.92 Å². The third kappa shape index (κ3) is 4.66. The molecule has 7 nitrogen and oxygen atoms in total. The van der Waals surface area contributed by atoms with E-state index in [-0.39, 0.29) is 17.0 Å². The van der Waals surface area contributed by atoms with Crippen molar-refractivity contribution < 1.29 is 19.6 Å². The molecule has 1 saturated heterocycles. The molecule has 7 heteroatoms. The first kappa shape index (κ1) is 22.2. The number of Topliss-reactive ketones (excluding diaryl/α,β-unsaturated/α-hetero) is 1. The molecule has 2 aromatic carbocycles. The van der Waals surface area contributed by atoms with Gasteiger partial charge < -0.3 is 10.0 Å². The molecule has 1 N–H and O–H groups in total. The molecule has 0 spiro atoms. The second-order valence-electron chi connectivity index (χ2n) is 7.77. The molecule has 31 heavy (non-hydrogen) atoms. The number of aryl methyl sites for hydroxylation is 1. The Balaban J connectivity index is 2.07. The van der Waals surface area contributed by atoms with Crippen LogP contribution in [0.5, 0.6) is 0 Å². The van der Waals surface area contributed by atoms with Crippen LogP contribution in [0.15, 0.2) is 54.1 Å². The maximum Gasteiger partial charge on any atom is 0.295 e. The lowest BCUT2D eigenvalue weighted by Gasteiger charge is -2.25. The summed E-state index contributed by atoms with van der Waals surface area (Å²) in [5, 5.41) is 22.0. The van der Waals surface area contributed by atoms with Crippen LogP contribution in [0, 0.1) is 17.0 Å². The second kappa shape index (κ2) is 9.55. The summed E-state index contributed by atoms with van der Waals surface area (Å²) >= 11 is 0. The number of hydrogen-bond acceptors (Lipinski definition) is 5. The van der Waals surface area contributed by atoms with Crippen LogP contribution >= 0.6 is 0 Å². The van der Waals surface area contributed by atoms with Crippen LogP contribution in [0.2, 0.25) is 0 Å². The van der Waals surface area contributed by atoms with Crippen LogP contribution < -0.4 is 0 Å². The van der Waals surface area contributed by atoms with E-state index in [9.17, 15) is 24.8 Å². The Morgan fingerprint density at radius 3 is 2.26 bits per heavy atom. The number of nitrogens with zero attached hydrogens (tertiary/aromatic N) is 2. The topological polar surface area (TPSA) is 101 Å². The minimum Gasteiger partial charge on any atom is -0.507 e. The lowest BCUT2D eigenvalue weighted by Crippen LogP contribution is -2.30. The van der Waals surface area contributed by atoms with E-state index in [1.54, 1.807) is 12.1 Å². The van der Waals surface area contributed by atoms with Crippen LogP contribution in [-0.4, -0.2) is 33.2 Å². The van der Waals surface area contributed by atoms with Crippen molar-refractivity contribution in [3.05, 3.63) is 80.9 Å². The molecule has 1 amide bonds. The van der Waals surface area contributed by atoms with Gasteiger partial charge in [0.2, 0.25) is 0 Å². The van der Waals surface area contributed by atoms with E-state index in [0.29, 0.717) is 17.7 Å². The highest BCUT2D eigenvalue weighted by atomic mass is 16.6. The van der Waals surface area contributed by atoms with E-state index in [4.69, 9.17) is 0 Å². The minimum absolute atomic E-state index is 0.0122. The summed E-state index contributed by atoms with van der Waals surface area (Å²) < 4.78 is 0. The standard InChI is InChI=1S/C24H26N2O5/c1-3-4-5-6-15-25-21(17-11-13-19(14-12-17)26(30)31)20(23(28)24(25)29)22(27)18-9-7-16(2)8-10-18/h7-14,21,27H,3-6,15H2,1-2H3/t21-/m0/s1. The van der Waals surface area contributed by atoms with Gasteiger partial charge in [0.15, 0.2) is 0 Å². The van der Waals surface area contributed by atoms with E-state index in [1.165, 1.54) is 29.2 Å². The summed E-state index contributed by atoms with van der Waals surface area (Å²) in [6, 6.07) is 12.0. The van der Waals surface area contributed by atoms with E-state index < -0.39 is 22.7 Å². The monoisotopic (exact) mass is 422 g/mol. The summed E-state index contributed by atoms with van der Waals surface area (Å²) in [5.74, 6) is -1.64. The van der Waals surface area contributed by atoms with Gasteiger partial charge in [-0.1, -0.05) is 56.0 Å². The highest BCUT2D eigenvalue weighted by molar-refractivity contribution is 6.46. The van der Waals surface area contributed by atoms with Gasteiger partial charge in [-0.3, -0.25) is 19.7 Å². The zero-order chi connectivity index (χ0) is 22.5. The molecule has 0 aliphatic carbocycles. The van der Waals surface area contributed by atoms with Crippen molar-refractivity contribution in [2.75, 3.05) is 6.54 Å². The summed E-state index contributed by atoms with van der Waals surface area (Å²) in [6.45, 7) is 4.37. The number of unbranched alkanes of at least 4 members (excludes halogenated alkanes) is 3. The van der Waals surface area contributed by atoms with E-state index in [0.717, 1.165) is 31.2 Å². The lowest BCUT2D eigenvalue weighted by molar-refractivity contribution is -0.384. The molecule has 1 aliphatic heterocycles. The molecular formula is C24H26N2O5. The van der Waals surface area contributed by atoms with Crippen molar-refractivity contribution in [1.82, 2.24) is 4.90 Å². The molecule has 1 fully saturated rings. The van der Waals surface area contributed by atoms with Gasteiger partial charge in [0.25, 0.3) is 17.4 Å². The van der Waals surface area contributed by atoms with Gasteiger partial charge in [-0.15, -0.1) is 0 Å². The van der Waals surface area contributed by atoms with Gasteiger partial charge in [-0.05, 0) is 31.0 Å². The van der Waals surface area contributed by atoms with Crippen LogP contribution in [0.25, 0.3) is 5.76 Å². The third-order valence-electron chi connectivity index (χ3n) is 5.54. The number of carbonyl (C=O) groups excluding carboxylic acids is 2. The smallest absolute Gasteiger partial charge is 0.295 e. The average Bonchev–Trinajstić information content (AvgIpc) is 3.01. The number of ketones is 1. The maximum atomic E-state index is 12.9. The van der Waals surface area contributed by atoms with Crippen molar-refractivity contribution in [3.63, 3.8) is 0 Å². The van der Waals surface area contributed by atoms with Crippen LogP contribution in [0.1, 0.15) is 55.3 Å². The van der Waals surface area contributed by atoms with Crippen LogP contribution in [0.4, 0.5) is 5.69 Å². The number of amides is 1. The number of non-ortho nitro benzene ring substituents is 1. The van der Waals surface area contributed by atoms with Crippen LogP contribution in [-0.2, 0) is 9.59 Å². The van der Waals surface area contributed by atoms with Gasteiger partial charge in [-0.25, -0.2) is 0 Å². The van der Waals surface area contributed by atoms with Gasteiger partial charge in [-0.2, -0.15) is 0 Å². The molecule has 0 aromatic heterocycles. The molecule has 1 aliphatic rings. The van der Waals surface area contributed by atoms with Crippen molar-refractivity contribution in [2.45, 2.75) is 45.6 Å². The highest BCUT2D eigenvalue weighted by Gasteiger charge is 2.45. The SMILES string of the molecule is CCCCCCN1C(=O)C(=O)C(=C(O)c2ccc(C)cc2)[C@@H]1c1ccc([N+](=O)[O-])cc1. The molecule has 0 unspecified atom stereocenters. The number of aliphatic hydroxyl groups is 1. The summed E-state index contributed by atoms with van der Waals surface area (Å²) in [4.78, 5) is 37.8. The average molecular weight is 422 g/mol. The number of rotatable bonds is 8.